The number of carbonyl (C=O) groups excluding carboxylic acids is 2. The highest BCUT2D eigenvalue weighted by molar-refractivity contribution is 7.11. The van der Waals surface area contributed by atoms with Crippen LogP contribution in [0.4, 0.5) is 0 Å². The molecule has 7 heteroatoms. The number of aryl methyl sites for hydroxylation is 1. The zero-order chi connectivity index (χ0) is 20.4. The maximum atomic E-state index is 13.1. The summed E-state index contributed by atoms with van der Waals surface area (Å²) in [6.07, 6.45) is 0. The fourth-order valence-electron chi connectivity index (χ4n) is 2.77. The second-order valence-electron chi connectivity index (χ2n) is 6.49. The number of hydrogen-bond donors (Lipinski definition) is 0. The molecule has 2 rings (SSSR count). The first-order valence-corrected chi connectivity index (χ1v) is 9.97. The summed E-state index contributed by atoms with van der Waals surface area (Å²) in [5.74, 6) is -0.324. The summed E-state index contributed by atoms with van der Waals surface area (Å²) in [4.78, 5) is 31.0. The van der Waals surface area contributed by atoms with Crippen LogP contribution < -0.4 is 0 Å². The van der Waals surface area contributed by atoms with Gasteiger partial charge in [0.1, 0.15) is 6.61 Å². The Balaban J connectivity index is 2.14. The van der Waals surface area contributed by atoms with Gasteiger partial charge in [0, 0.05) is 37.1 Å². The molecule has 1 heterocycles. The molecule has 2 amide bonds. The van der Waals surface area contributed by atoms with Gasteiger partial charge in [0.05, 0.1) is 19.7 Å². The van der Waals surface area contributed by atoms with E-state index in [0.717, 1.165) is 10.4 Å². The van der Waals surface area contributed by atoms with E-state index in [9.17, 15) is 9.59 Å². The molecule has 6 nitrogen and oxygen atoms in total. The molecule has 28 heavy (non-hydrogen) atoms. The Hall–Kier alpha value is -2.22. The molecular weight excluding hydrogens is 376 g/mol. The van der Waals surface area contributed by atoms with Gasteiger partial charge in [-0.15, -0.1) is 11.3 Å². The highest BCUT2D eigenvalue weighted by Crippen LogP contribution is 2.19. The van der Waals surface area contributed by atoms with Crippen LogP contribution in [-0.4, -0.2) is 62.1 Å². The maximum absolute atomic E-state index is 13.1. The van der Waals surface area contributed by atoms with E-state index in [1.165, 1.54) is 16.9 Å². The molecule has 0 fully saturated rings. The average Bonchev–Trinajstić information content (AvgIpc) is 3.10. The molecule has 0 saturated heterocycles. The van der Waals surface area contributed by atoms with Crippen molar-refractivity contribution in [3.05, 3.63) is 57.8 Å². The van der Waals surface area contributed by atoms with Crippen molar-refractivity contribution in [1.82, 2.24) is 9.80 Å². The highest BCUT2D eigenvalue weighted by atomic mass is 32.1. The van der Waals surface area contributed by atoms with E-state index in [0.29, 0.717) is 26.2 Å². The van der Waals surface area contributed by atoms with E-state index >= 15 is 0 Å². The molecule has 0 unspecified atom stereocenters. The molecule has 0 aliphatic heterocycles. The monoisotopic (exact) mass is 404 g/mol. The summed E-state index contributed by atoms with van der Waals surface area (Å²) in [6.45, 7) is 3.72. The number of thiophene rings is 1. The lowest BCUT2D eigenvalue weighted by Gasteiger charge is -2.27. The molecule has 2 aromatic rings. The van der Waals surface area contributed by atoms with Crippen LogP contribution >= 0.6 is 11.3 Å². The van der Waals surface area contributed by atoms with E-state index in [1.54, 1.807) is 23.3 Å². The normalized spacial score (nSPS) is 10.7. The molecule has 0 radical (unpaired) electrons. The van der Waals surface area contributed by atoms with Gasteiger partial charge >= 0.3 is 0 Å². The summed E-state index contributed by atoms with van der Waals surface area (Å²) >= 11 is 1.68. The summed E-state index contributed by atoms with van der Waals surface area (Å²) in [7, 11) is 3.04. The molecule has 0 saturated carbocycles. The number of methoxy groups -OCH3 is 2. The van der Waals surface area contributed by atoms with Crippen LogP contribution in [0.25, 0.3) is 0 Å². The van der Waals surface area contributed by atoms with Gasteiger partial charge < -0.3 is 19.3 Å². The Bertz CT molecular complexity index is 748. The Morgan fingerprint density at radius 2 is 1.68 bits per heavy atom. The third-order valence-corrected chi connectivity index (χ3v) is 5.21. The predicted octanol–water partition coefficient (Wildman–Crippen LogP) is 2.71. The molecular formula is C21H28N2O4S. The van der Waals surface area contributed by atoms with Gasteiger partial charge in [-0.25, -0.2) is 0 Å². The van der Waals surface area contributed by atoms with Crippen LogP contribution in [0.5, 0.6) is 0 Å². The number of amides is 2. The lowest BCUT2D eigenvalue weighted by Crippen LogP contribution is -2.44. The highest BCUT2D eigenvalue weighted by Gasteiger charge is 2.22. The summed E-state index contributed by atoms with van der Waals surface area (Å²) in [5, 5.41) is 0. The molecule has 1 aromatic carbocycles. The zero-order valence-corrected chi connectivity index (χ0v) is 17.5. The Morgan fingerprint density at radius 1 is 0.929 bits per heavy atom. The van der Waals surface area contributed by atoms with Crippen molar-refractivity contribution in [2.75, 3.05) is 40.5 Å². The quantitative estimate of drug-likeness (QED) is 0.578. The summed E-state index contributed by atoms with van der Waals surface area (Å²) in [5.41, 5.74) is 1.05. The minimum absolute atomic E-state index is 0.00272. The first-order chi connectivity index (χ1) is 13.5. The van der Waals surface area contributed by atoms with Gasteiger partial charge in [0.2, 0.25) is 11.8 Å². The first kappa shape index (κ1) is 22.1. The largest absolute Gasteiger partial charge is 0.383 e. The minimum Gasteiger partial charge on any atom is -0.383 e. The van der Waals surface area contributed by atoms with Gasteiger partial charge in [0.15, 0.2) is 0 Å². The van der Waals surface area contributed by atoms with Crippen LogP contribution in [0, 0.1) is 6.92 Å². The number of rotatable bonds is 11. The SMILES string of the molecule is COCCN(CC(=O)N(Cc1ccccc1)Cc1ccc(C)s1)C(=O)COC. The number of ether oxygens (including phenoxy) is 2. The van der Waals surface area contributed by atoms with Crippen molar-refractivity contribution in [3.8, 4) is 0 Å². The van der Waals surface area contributed by atoms with Gasteiger partial charge in [0.25, 0.3) is 0 Å². The van der Waals surface area contributed by atoms with Gasteiger partial charge in [-0.3, -0.25) is 9.59 Å². The zero-order valence-electron chi connectivity index (χ0n) is 16.7. The van der Waals surface area contributed by atoms with Crippen molar-refractivity contribution in [3.63, 3.8) is 0 Å². The molecule has 0 bridgehead atoms. The number of benzene rings is 1. The molecule has 152 valence electrons. The van der Waals surface area contributed by atoms with Crippen molar-refractivity contribution < 1.29 is 19.1 Å². The van der Waals surface area contributed by atoms with Crippen molar-refractivity contribution in [2.45, 2.75) is 20.0 Å². The fourth-order valence-corrected chi connectivity index (χ4v) is 3.67. The topological polar surface area (TPSA) is 59.1 Å². The number of nitrogens with zero attached hydrogens (tertiary/aromatic N) is 2. The summed E-state index contributed by atoms with van der Waals surface area (Å²) < 4.78 is 10.0. The molecule has 0 aliphatic rings. The molecule has 1 aromatic heterocycles. The standard InChI is InChI=1S/C21H28N2O4S/c1-17-9-10-19(28-17)14-23(13-18-7-5-4-6-8-18)20(24)15-22(11-12-26-2)21(25)16-27-3/h4-10H,11-16H2,1-3H3. The van der Waals surface area contributed by atoms with Crippen LogP contribution in [0.3, 0.4) is 0 Å². The third-order valence-electron chi connectivity index (χ3n) is 4.22. The van der Waals surface area contributed by atoms with E-state index in [-0.39, 0.29) is 25.0 Å². The smallest absolute Gasteiger partial charge is 0.249 e. The van der Waals surface area contributed by atoms with Crippen molar-refractivity contribution >= 4 is 23.2 Å². The predicted molar refractivity (Wildman–Crippen MR) is 110 cm³/mol. The lowest BCUT2D eigenvalue weighted by atomic mass is 10.2. The maximum Gasteiger partial charge on any atom is 0.249 e. The van der Waals surface area contributed by atoms with Gasteiger partial charge in [-0.2, -0.15) is 0 Å². The fraction of sp³-hybridized carbons (Fsp3) is 0.429. The molecule has 0 N–H and O–H groups in total. The van der Waals surface area contributed by atoms with E-state index < -0.39 is 0 Å². The van der Waals surface area contributed by atoms with Gasteiger partial charge in [-0.05, 0) is 24.6 Å². The van der Waals surface area contributed by atoms with Crippen LogP contribution in [0.1, 0.15) is 15.3 Å². The van der Waals surface area contributed by atoms with E-state index in [4.69, 9.17) is 9.47 Å². The average molecular weight is 405 g/mol. The second kappa shape index (κ2) is 11.6. The second-order valence-corrected chi connectivity index (χ2v) is 7.86. The number of hydrogen-bond acceptors (Lipinski definition) is 5. The Labute approximate surface area is 170 Å². The first-order valence-electron chi connectivity index (χ1n) is 9.16. The van der Waals surface area contributed by atoms with Crippen LogP contribution in [-0.2, 0) is 32.2 Å². The third kappa shape index (κ3) is 7.07. The van der Waals surface area contributed by atoms with Crippen molar-refractivity contribution in [1.29, 1.82) is 0 Å². The molecule has 0 spiro atoms. The van der Waals surface area contributed by atoms with E-state index in [2.05, 4.69) is 6.07 Å². The summed E-state index contributed by atoms with van der Waals surface area (Å²) in [6, 6.07) is 14.0. The Kier molecular flexibility index (Phi) is 9.13. The van der Waals surface area contributed by atoms with Crippen LogP contribution in [0.15, 0.2) is 42.5 Å². The minimum atomic E-state index is -0.223. The Morgan fingerprint density at radius 3 is 2.29 bits per heavy atom. The van der Waals surface area contributed by atoms with Crippen molar-refractivity contribution in [2.24, 2.45) is 0 Å². The van der Waals surface area contributed by atoms with Gasteiger partial charge in [-0.1, -0.05) is 30.3 Å². The lowest BCUT2D eigenvalue weighted by molar-refractivity contribution is -0.143. The molecule has 0 atom stereocenters. The van der Waals surface area contributed by atoms with E-state index in [1.807, 2.05) is 43.3 Å². The molecule has 0 aliphatic carbocycles. The van der Waals surface area contributed by atoms with Crippen LogP contribution in [0.2, 0.25) is 0 Å². The number of carbonyl (C=O) groups is 2.